The summed E-state index contributed by atoms with van der Waals surface area (Å²) < 4.78 is 19.2. The summed E-state index contributed by atoms with van der Waals surface area (Å²) in [6.07, 6.45) is 0.123. The summed E-state index contributed by atoms with van der Waals surface area (Å²) in [5.74, 6) is 0.507. The average molecular weight is 392 g/mol. The van der Waals surface area contributed by atoms with Crippen LogP contribution < -0.4 is 9.64 Å². The Morgan fingerprint density at radius 3 is 2.34 bits per heavy atom. The van der Waals surface area contributed by atoms with Gasteiger partial charge in [-0.2, -0.15) is 0 Å². The van der Waals surface area contributed by atoms with Crippen LogP contribution in [0.15, 0.2) is 66.7 Å². The second-order valence-electron chi connectivity index (χ2n) is 7.31. The van der Waals surface area contributed by atoms with E-state index in [-0.39, 0.29) is 11.7 Å². The van der Waals surface area contributed by atoms with Crippen LogP contribution >= 0.6 is 0 Å². The lowest BCUT2D eigenvalue weighted by molar-refractivity contribution is -0.139. The quantitative estimate of drug-likeness (QED) is 0.642. The summed E-state index contributed by atoms with van der Waals surface area (Å²) in [5, 5.41) is 2.25. The number of anilines is 1. The van der Waals surface area contributed by atoms with E-state index in [0.717, 1.165) is 29.5 Å². The van der Waals surface area contributed by atoms with E-state index >= 15 is 0 Å². The van der Waals surface area contributed by atoms with Crippen molar-refractivity contribution in [2.24, 2.45) is 0 Å². The van der Waals surface area contributed by atoms with E-state index in [1.54, 1.807) is 12.1 Å². The molecule has 1 aliphatic rings. The van der Waals surface area contributed by atoms with Crippen molar-refractivity contribution in [3.63, 3.8) is 0 Å². The Bertz CT molecular complexity index is 982. The van der Waals surface area contributed by atoms with Gasteiger partial charge in [-0.25, -0.2) is 4.39 Å². The van der Waals surface area contributed by atoms with Crippen molar-refractivity contribution >= 4 is 22.4 Å². The fourth-order valence-electron chi connectivity index (χ4n) is 3.75. The molecule has 150 valence electrons. The highest BCUT2D eigenvalue weighted by Crippen LogP contribution is 2.23. The lowest BCUT2D eigenvalue weighted by Gasteiger charge is -2.37. The largest absolute Gasteiger partial charge is 0.481 e. The van der Waals surface area contributed by atoms with Crippen LogP contribution in [0.5, 0.6) is 5.75 Å². The molecule has 3 aromatic rings. The van der Waals surface area contributed by atoms with Crippen molar-refractivity contribution in [2.75, 3.05) is 31.1 Å². The molecule has 0 bridgehead atoms. The number of hydrogen-bond donors (Lipinski definition) is 0. The van der Waals surface area contributed by atoms with Gasteiger partial charge in [-0.05, 0) is 53.6 Å². The Labute approximate surface area is 170 Å². The van der Waals surface area contributed by atoms with E-state index in [2.05, 4.69) is 11.0 Å². The molecule has 1 heterocycles. The van der Waals surface area contributed by atoms with E-state index in [1.165, 1.54) is 12.1 Å². The molecular weight excluding hydrogens is 367 g/mol. The first-order valence-corrected chi connectivity index (χ1v) is 10.1. The molecule has 1 fully saturated rings. The van der Waals surface area contributed by atoms with Gasteiger partial charge in [0.05, 0.1) is 0 Å². The number of carbonyl (C=O) groups is 1. The summed E-state index contributed by atoms with van der Waals surface area (Å²) in [6, 6.07) is 20.5. The number of hydrogen-bond acceptors (Lipinski definition) is 3. The third-order valence-corrected chi connectivity index (χ3v) is 5.43. The van der Waals surface area contributed by atoms with Gasteiger partial charge in [0.15, 0.2) is 6.10 Å². The minimum atomic E-state index is -0.492. The topological polar surface area (TPSA) is 32.8 Å². The van der Waals surface area contributed by atoms with Crippen molar-refractivity contribution < 1.29 is 13.9 Å². The smallest absolute Gasteiger partial charge is 0.263 e. The standard InChI is InChI=1S/C24H25FN2O2/c1-2-23(29-22-12-7-18-5-3-4-6-19(18)17-22)24(28)27-15-13-26(14-16-27)21-10-8-20(25)9-11-21/h3-12,17,23H,2,13-16H2,1H3/t23-/m1/s1. The van der Waals surface area contributed by atoms with Gasteiger partial charge >= 0.3 is 0 Å². The lowest BCUT2D eigenvalue weighted by Crippen LogP contribution is -2.52. The maximum atomic E-state index is 13.1. The minimum absolute atomic E-state index is 0.0272. The SMILES string of the molecule is CC[C@@H](Oc1ccc2ccccc2c1)C(=O)N1CCN(c2ccc(F)cc2)CC1. The van der Waals surface area contributed by atoms with Crippen LogP contribution in [-0.4, -0.2) is 43.1 Å². The van der Waals surface area contributed by atoms with Gasteiger partial charge in [0.2, 0.25) is 0 Å². The lowest BCUT2D eigenvalue weighted by atomic mass is 10.1. The molecule has 1 saturated heterocycles. The van der Waals surface area contributed by atoms with E-state index in [4.69, 9.17) is 4.74 Å². The molecule has 3 aromatic carbocycles. The number of nitrogens with zero attached hydrogens (tertiary/aromatic N) is 2. The Balaban J connectivity index is 1.39. The van der Waals surface area contributed by atoms with E-state index in [0.29, 0.717) is 25.3 Å². The highest BCUT2D eigenvalue weighted by atomic mass is 19.1. The number of carbonyl (C=O) groups excluding carboxylic acids is 1. The zero-order valence-corrected chi connectivity index (χ0v) is 16.6. The number of amides is 1. The molecule has 5 heteroatoms. The van der Waals surface area contributed by atoms with E-state index in [1.807, 2.05) is 48.2 Å². The van der Waals surface area contributed by atoms with Gasteiger partial charge in [0.1, 0.15) is 11.6 Å². The number of rotatable bonds is 5. The monoisotopic (exact) mass is 392 g/mol. The van der Waals surface area contributed by atoms with Crippen LogP contribution in [0.1, 0.15) is 13.3 Å². The van der Waals surface area contributed by atoms with Crippen molar-refractivity contribution in [2.45, 2.75) is 19.4 Å². The summed E-state index contributed by atoms with van der Waals surface area (Å²) in [6.45, 7) is 4.69. The molecule has 4 nitrogen and oxygen atoms in total. The highest BCUT2D eigenvalue weighted by molar-refractivity contribution is 5.84. The Kier molecular flexibility index (Phi) is 5.65. The molecule has 0 unspecified atom stereocenters. The Morgan fingerprint density at radius 2 is 1.66 bits per heavy atom. The molecule has 1 atom stereocenters. The molecule has 1 aliphatic heterocycles. The van der Waals surface area contributed by atoms with E-state index < -0.39 is 6.10 Å². The van der Waals surface area contributed by atoms with Crippen LogP contribution in [0.2, 0.25) is 0 Å². The molecule has 0 N–H and O–H groups in total. The van der Waals surface area contributed by atoms with Crippen LogP contribution in [0.4, 0.5) is 10.1 Å². The molecule has 4 rings (SSSR count). The third kappa shape index (κ3) is 4.34. The van der Waals surface area contributed by atoms with Crippen molar-refractivity contribution in [1.82, 2.24) is 4.90 Å². The number of fused-ring (bicyclic) bond motifs is 1. The van der Waals surface area contributed by atoms with Crippen LogP contribution in [0, 0.1) is 5.82 Å². The van der Waals surface area contributed by atoms with Crippen LogP contribution in [0.25, 0.3) is 10.8 Å². The highest BCUT2D eigenvalue weighted by Gasteiger charge is 2.28. The van der Waals surface area contributed by atoms with Crippen LogP contribution in [0.3, 0.4) is 0 Å². The van der Waals surface area contributed by atoms with Gasteiger partial charge in [-0.3, -0.25) is 4.79 Å². The third-order valence-electron chi connectivity index (χ3n) is 5.43. The fraction of sp³-hybridized carbons (Fsp3) is 0.292. The first kappa shape index (κ1) is 19.2. The van der Waals surface area contributed by atoms with Crippen molar-refractivity contribution in [1.29, 1.82) is 0 Å². The maximum Gasteiger partial charge on any atom is 0.263 e. The first-order valence-electron chi connectivity index (χ1n) is 10.1. The van der Waals surface area contributed by atoms with E-state index in [9.17, 15) is 9.18 Å². The molecule has 0 aromatic heterocycles. The Hall–Kier alpha value is -3.08. The van der Waals surface area contributed by atoms with Crippen LogP contribution in [-0.2, 0) is 4.79 Å². The molecule has 29 heavy (non-hydrogen) atoms. The summed E-state index contributed by atoms with van der Waals surface area (Å²) in [4.78, 5) is 17.1. The van der Waals surface area contributed by atoms with Gasteiger partial charge in [-0.15, -0.1) is 0 Å². The predicted octanol–water partition coefficient (Wildman–Crippen LogP) is 4.49. The van der Waals surface area contributed by atoms with Gasteiger partial charge in [0.25, 0.3) is 5.91 Å². The molecule has 1 amide bonds. The second-order valence-corrected chi connectivity index (χ2v) is 7.31. The van der Waals surface area contributed by atoms with Gasteiger partial charge in [0, 0.05) is 31.9 Å². The second kappa shape index (κ2) is 8.52. The fourth-order valence-corrected chi connectivity index (χ4v) is 3.75. The van der Waals surface area contributed by atoms with Crippen molar-refractivity contribution in [3.05, 3.63) is 72.5 Å². The Morgan fingerprint density at radius 1 is 0.966 bits per heavy atom. The summed E-state index contributed by atoms with van der Waals surface area (Å²) >= 11 is 0. The molecule has 0 spiro atoms. The molecular formula is C24H25FN2O2. The summed E-state index contributed by atoms with van der Waals surface area (Å²) in [7, 11) is 0. The zero-order valence-electron chi connectivity index (χ0n) is 16.6. The predicted molar refractivity (Wildman–Crippen MR) is 114 cm³/mol. The maximum absolute atomic E-state index is 13.1. The number of benzene rings is 3. The number of ether oxygens (including phenoxy) is 1. The molecule has 0 radical (unpaired) electrons. The normalized spacial score (nSPS) is 15.4. The van der Waals surface area contributed by atoms with Crippen molar-refractivity contribution in [3.8, 4) is 5.75 Å². The molecule has 0 saturated carbocycles. The van der Waals surface area contributed by atoms with Gasteiger partial charge < -0.3 is 14.5 Å². The average Bonchev–Trinajstić information content (AvgIpc) is 2.77. The first-order chi connectivity index (χ1) is 14.1. The molecule has 0 aliphatic carbocycles. The number of halogens is 1. The minimum Gasteiger partial charge on any atom is -0.481 e. The summed E-state index contributed by atoms with van der Waals surface area (Å²) in [5.41, 5.74) is 0.984. The zero-order chi connectivity index (χ0) is 20.2. The van der Waals surface area contributed by atoms with Gasteiger partial charge in [-0.1, -0.05) is 37.3 Å². The number of piperazine rings is 1.